The quantitative estimate of drug-likeness (QED) is 0.641. The number of aliphatic hydroxyl groups excluding tert-OH is 1. The predicted octanol–water partition coefficient (Wildman–Crippen LogP) is 2.17. The summed E-state index contributed by atoms with van der Waals surface area (Å²) in [6.45, 7) is 3.36. The zero-order valence-corrected chi connectivity index (χ0v) is 12.4. The van der Waals surface area contributed by atoms with Crippen molar-refractivity contribution in [3.05, 3.63) is 28.3 Å². The van der Waals surface area contributed by atoms with E-state index in [1.165, 1.54) is 0 Å². The third-order valence-electron chi connectivity index (χ3n) is 3.30. The molecule has 0 amide bonds. The first-order valence-corrected chi connectivity index (χ1v) is 6.71. The van der Waals surface area contributed by atoms with Crippen LogP contribution in [0.5, 0.6) is 0 Å². The second-order valence-electron chi connectivity index (χ2n) is 5.36. The van der Waals surface area contributed by atoms with Crippen LogP contribution in [-0.2, 0) is 5.60 Å². The Bertz CT molecular complexity index is 440. The first-order chi connectivity index (χ1) is 8.82. The maximum Gasteiger partial charge on any atom is 0.0875 e. The number of hydrogen-bond acceptors (Lipinski definition) is 4. The molecule has 19 heavy (non-hydrogen) atoms. The second-order valence-corrected chi connectivity index (χ2v) is 5.73. The standard InChI is InChI=1S/C13H19ClN2O.CH4O/c1-13(2,17)10-9(15)6-5-8(11(10)14)12(16)7-3-4-7;1-2/h5-7,12,17H,3-4,15-16H2,1-2H3;2H,1H3. The predicted molar refractivity (Wildman–Crippen MR) is 78.9 cm³/mol. The van der Waals surface area contributed by atoms with Gasteiger partial charge >= 0.3 is 0 Å². The molecule has 1 aliphatic rings. The molecule has 0 spiro atoms. The number of rotatable bonds is 3. The molecule has 0 aliphatic heterocycles. The van der Waals surface area contributed by atoms with Gasteiger partial charge in [0.15, 0.2) is 0 Å². The highest BCUT2D eigenvalue weighted by Crippen LogP contribution is 2.44. The number of nitrogens with two attached hydrogens (primary N) is 2. The molecule has 0 heterocycles. The lowest BCUT2D eigenvalue weighted by molar-refractivity contribution is 0.0794. The highest BCUT2D eigenvalue weighted by Gasteiger charge is 2.33. The molecular weight excluding hydrogens is 264 g/mol. The highest BCUT2D eigenvalue weighted by molar-refractivity contribution is 6.32. The Morgan fingerprint density at radius 1 is 1.32 bits per heavy atom. The Kier molecular flexibility index (Phi) is 5.21. The lowest BCUT2D eigenvalue weighted by Crippen LogP contribution is -2.21. The van der Waals surface area contributed by atoms with Crippen molar-refractivity contribution in [2.75, 3.05) is 12.8 Å². The SMILES string of the molecule is CC(C)(O)c1c(N)ccc(C(N)C2CC2)c1Cl.CO. The average molecular weight is 287 g/mol. The summed E-state index contributed by atoms with van der Waals surface area (Å²) < 4.78 is 0. The number of anilines is 1. The molecule has 5 heteroatoms. The maximum absolute atomic E-state index is 10.1. The average Bonchev–Trinajstić information content (AvgIpc) is 3.13. The zero-order valence-electron chi connectivity index (χ0n) is 11.7. The minimum Gasteiger partial charge on any atom is -0.400 e. The van der Waals surface area contributed by atoms with E-state index in [1.54, 1.807) is 19.9 Å². The summed E-state index contributed by atoms with van der Waals surface area (Å²) in [5.41, 5.74) is 13.0. The fraction of sp³-hybridized carbons (Fsp3) is 0.571. The van der Waals surface area contributed by atoms with Crippen molar-refractivity contribution >= 4 is 17.3 Å². The molecule has 0 saturated heterocycles. The summed E-state index contributed by atoms with van der Waals surface area (Å²) in [6, 6.07) is 3.59. The van der Waals surface area contributed by atoms with E-state index < -0.39 is 5.60 Å². The molecule has 1 fully saturated rings. The van der Waals surface area contributed by atoms with Crippen molar-refractivity contribution in [1.82, 2.24) is 0 Å². The maximum atomic E-state index is 10.1. The number of aliphatic hydroxyl groups is 2. The van der Waals surface area contributed by atoms with Gasteiger partial charge in [-0.05, 0) is 44.2 Å². The van der Waals surface area contributed by atoms with E-state index in [1.807, 2.05) is 6.07 Å². The largest absolute Gasteiger partial charge is 0.400 e. The van der Waals surface area contributed by atoms with Crippen molar-refractivity contribution in [2.45, 2.75) is 38.3 Å². The van der Waals surface area contributed by atoms with Gasteiger partial charge in [0.2, 0.25) is 0 Å². The fourth-order valence-corrected chi connectivity index (χ4v) is 2.72. The Balaban J connectivity index is 0.000000861. The van der Waals surface area contributed by atoms with E-state index in [0.717, 1.165) is 25.5 Å². The summed E-state index contributed by atoms with van der Waals surface area (Å²) in [6.07, 6.45) is 2.31. The van der Waals surface area contributed by atoms with Crippen LogP contribution >= 0.6 is 11.6 Å². The van der Waals surface area contributed by atoms with Gasteiger partial charge in [-0.3, -0.25) is 0 Å². The van der Waals surface area contributed by atoms with E-state index in [9.17, 15) is 5.11 Å². The van der Waals surface area contributed by atoms with Crippen molar-refractivity contribution in [3.8, 4) is 0 Å². The summed E-state index contributed by atoms with van der Waals surface area (Å²) in [5, 5.41) is 17.6. The van der Waals surface area contributed by atoms with Crippen molar-refractivity contribution in [3.63, 3.8) is 0 Å². The smallest absolute Gasteiger partial charge is 0.0875 e. The van der Waals surface area contributed by atoms with Gasteiger partial charge in [0.1, 0.15) is 0 Å². The van der Waals surface area contributed by atoms with Gasteiger partial charge in [0, 0.05) is 24.4 Å². The molecule has 1 unspecified atom stereocenters. The van der Waals surface area contributed by atoms with Crippen LogP contribution in [0.3, 0.4) is 0 Å². The lowest BCUT2D eigenvalue weighted by Gasteiger charge is -2.24. The number of halogens is 1. The molecule has 1 atom stereocenters. The van der Waals surface area contributed by atoms with Crippen LogP contribution < -0.4 is 11.5 Å². The van der Waals surface area contributed by atoms with Crippen molar-refractivity contribution < 1.29 is 10.2 Å². The highest BCUT2D eigenvalue weighted by atomic mass is 35.5. The first kappa shape index (κ1) is 16.2. The van der Waals surface area contributed by atoms with E-state index in [2.05, 4.69) is 0 Å². The van der Waals surface area contributed by atoms with Crippen molar-refractivity contribution in [2.24, 2.45) is 11.7 Å². The molecule has 4 nitrogen and oxygen atoms in total. The van der Waals surface area contributed by atoms with Gasteiger partial charge < -0.3 is 21.7 Å². The van der Waals surface area contributed by atoms with Crippen LogP contribution in [0.1, 0.15) is 43.9 Å². The van der Waals surface area contributed by atoms with Gasteiger partial charge in [-0.1, -0.05) is 17.7 Å². The van der Waals surface area contributed by atoms with Gasteiger partial charge in [0.05, 0.1) is 10.6 Å². The molecule has 1 saturated carbocycles. The Morgan fingerprint density at radius 2 is 1.84 bits per heavy atom. The van der Waals surface area contributed by atoms with Crippen LogP contribution in [0.25, 0.3) is 0 Å². The molecule has 2 rings (SSSR count). The third kappa shape index (κ3) is 3.60. The van der Waals surface area contributed by atoms with Crippen LogP contribution in [0.4, 0.5) is 5.69 Å². The second kappa shape index (κ2) is 6.09. The zero-order chi connectivity index (χ0) is 14.8. The number of hydrogen-bond donors (Lipinski definition) is 4. The lowest BCUT2D eigenvalue weighted by atomic mass is 9.91. The van der Waals surface area contributed by atoms with Gasteiger partial charge in [-0.25, -0.2) is 0 Å². The summed E-state index contributed by atoms with van der Waals surface area (Å²) in [4.78, 5) is 0. The fourth-order valence-electron chi connectivity index (χ4n) is 2.20. The minimum absolute atomic E-state index is 0.0517. The molecule has 6 N–H and O–H groups in total. The summed E-state index contributed by atoms with van der Waals surface area (Å²) in [5.74, 6) is 0.519. The minimum atomic E-state index is -1.06. The number of nitrogen functional groups attached to an aromatic ring is 1. The van der Waals surface area contributed by atoms with Crippen LogP contribution in [0.2, 0.25) is 5.02 Å². The van der Waals surface area contributed by atoms with Crippen LogP contribution in [0.15, 0.2) is 12.1 Å². The first-order valence-electron chi connectivity index (χ1n) is 6.33. The Morgan fingerprint density at radius 3 is 2.26 bits per heavy atom. The van der Waals surface area contributed by atoms with E-state index >= 15 is 0 Å². The van der Waals surface area contributed by atoms with E-state index in [4.69, 9.17) is 28.2 Å². The normalized spacial score (nSPS) is 16.6. The van der Waals surface area contributed by atoms with Gasteiger partial charge in [-0.15, -0.1) is 0 Å². The molecule has 0 aromatic heterocycles. The van der Waals surface area contributed by atoms with Crippen LogP contribution in [-0.4, -0.2) is 17.3 Å². The van der Waals surface area contributed by atoms with Gasteiger partial charge in [-0.2, -0.15) is 0 Å². The molecule has 108 valence electrons. The van der Waals surface area contributed by atoms with Gasteiger partial charge in [0.25, 0.3) is 0 Å². The van der Waals surface area contributed by atoms with E-state index in [-0.39, 0.29) is 6.04 Å². The Hall–Kier alpha value is -0.810. The number of benzene rings is 1. The molecule has 0 bridgehead atoms. The molecular formula is C14H23ClN2O2. The molecule has 1 aromatic carbocycles. The van der Waals surface area contributed by atoms with Crippen molar-refractivity contribution in [1.29, 1.82) is 0 Å². The summed E-state index contributed by atoms with van der Waals surface area (Å²) >= 11 is 6.35. The Labute approximate surface area is 119 Å². The summed E-state index contributed by atoms with van der Waals surface area (Å²) in [7, 11) is 1.00. The third-order valence-corrected chi connectivity index (χ3v) is 3.71. The topological polar surface area (TPSA) is 92.5 Å². The molecule has 1 aromatic rings. The van der Waals surface area contributed by atoms with E-state index in [0.29, 0.717) is 22.2 Å². The molecule has 0 radical (unpaired) electrons. The van der Waals surface area contributed by atoms with Crippen LogP contribution in [0, 0.1) is 5.92 Å². The monoisotopic (exact) mass is 286 g/mol. The molecule has 1 aliphatic carbocycles.